The lowest BCUT2D eigenvalue weighted by molar-refractivity contribution is 0.210. The molecule has 0 heteroatoms. The van der Waals surface area contributed by atoms with Crippen molar-refractivity contribution in [1.82, 2.24) is 0 Å². The number of hydrogen-bond acceptors (Lipinski definition) is 0. The van der Waals surface area contributed by atoms with Crippen LogP contribution in [0.4, 0.5) is 0 Å². The Morgan fingerprint density at radius 2 is 1.22 bits per heavy atom. The molecule has 0 aliphatic rings. The van der Waals surface area contributed by atoms with E-state index in [1.165, 1.54) is 25.7 Å². The quantitative estimate of drug-likeness (QED) is 0.446. The third-order valence-corrected chi connectivity index (χ3v) is 5.00. The van der Waals surface area contributed by atoms with Gasteiger partial charge in [-0.15, -0.1) is 0 Å². The molecule has 4 unspecified atom stereocenters. The molecule has 0 bridgehead atoms. The zero-order valence-corrected chi connectivity index (χ0v) is 14.3. The molecule has 0 N–H and O–H groups in total. The van der Waals surface area contributed by atoms with Gasteiger partial charge in [-0.2, -0.15) is 0 Å². The first-order valence-electron chi connectivity index (χ1n) is 8.29. The first kappa shape index (κ1) is 18.0. The highest BCUT2D eigenvalue weighted by atomic mass is 14.3. The average molecular weight is 255 g/mol. The van der Waals surface area contributed by atoms with E-state index in [1.807, 2.05) is 0 Å². The smallest absolute Gasteiger partial charge is 0.0365 e. The van der Waals surface area contributed by atoms with Gasteiger partial charge < -0.3 is 0 Å². The molecule has 0 amide bonds. The molecule has 0 heterocycles. The van der Waals surface area contributed by atoms with E-state index in [0.29, 0.717) is 0 Å². The van der Waals surface area contributed by atoms with Crippen LogP contribution in [0.5, 0.6) is 0 Å². The minimum Gasteiger partial charge on any atom is -0.0651 e. The van der Waals surface area contributed by atoms with E-state index < -0.39 is 0 Å². The van der Waals surface area contributed by atoms with Crippen LogP contribution in [-0.4, -0.2) is 0 Å². The van der Waals surface area contributed by atoms with E-state index >= 15 is 0 Å². The van der Waals surface area contributed by atoms with Crippen molar-refractivity contribution in [3.05, 3.63) is 0 Å². The van der Waals surface area contributed by atoms with Gasteiger partial charge >= 0.3 is 0 Å². The minimum atomic E-state index is 0.840. The van der Waals surface area contributed by atoms with Crippen molar-refractivity contribution in [2.24, 2.45) is 35.5 Å². The van der Waals surface area contributed by atoms with Crippen molar-refractivity contribution in [2.45, 2.75) is 81.1 Å². The van der Waals surface area contributed by atoms with Crippen LogP contribution in [0.25, 0.3) is 0 Å². The highest BCUT2D eigenvalue weighted by Gasteiger charge is 2.21. The molecule has 0 saturated heterocycles. The second-order valence-corrected chi connectivity index (χ2v) is 7.45. The van der Waals surface area contributed by atoms with Crippen LogP contribution in [0.2, 0.25) is 0 Å². The summed E-state index contributed by atoms with van der Waals surface area (Å²) in [5, 5.41) is 0. The first-order chi connectivity index (χ1) is 8.29. The summed E-state index contributed by atoms with van der Waals surface area (Å²) < 4.78 is 0. The molecule has 0 radical (unpaired) electrons. The van der Waals surface area contributed by atoms with Gasteiger partial charge in [-0.1, -0.05) is 68.2 Å². The molecule has 0 saturated carbocycles. The molecule has 4 atom stereocenters. The summed E-state index contributed by atoms with van der Waals surface area (Å²) in [5.74, 6) is 5.26. The summed E-state index contributed by atoms with van der Waals surface area (Å²) >= 11 is 0. The number of hydrogen-bond donors (Lipinski definition) is 0. The standard InChI is InChI=1S/C18H38/c1-9-15(6)18(14(4)5)11-10-16(7)17(8)12-13(2)3/h13-18H,9-12H2,1-8H3. The second kappa shape index (κ2) is 8.99. The van der Waals surface area contributed by atoms with E-state index in [1.54, 1.807) is 0 Å². The second-order valence-electron chi connectivity index (χ2n) is 7.45. The van der Waals surface area contributed by atoms with Crippen LogP contribution in [0.3, 0.4) is 0 Å². The van der Waals surface area contributed by atoms with Gasteiger partial charge in [0.25, 0.3) is 0 Å². The minimum absolute atomic E-state index is 0.840. The van der Waals surface area contributed by atoms with E-state index in [-0.39, 0.29) is 0 Å². The summed E-state index contributed by atoms with van der Waals surface area (Å²) in [7, 11) is 0. The first-order valence-corrected chi connectivity index (χ1v) is 8.29. The fourth-order valence-electron chi connectivity index (χ4n) is 3.29. The summed E-state index contributed by atoms with van der Waals surface area (Å²) in [6.07, 6.45) is 5.56. The predicted octanol–water partition coefficient (Wildman–Crippen LogP) is 6.40. The molecule has 0 aliphatic heterocycles. The Morgan fingerprint density at radius 1 is 0.667 bits per heavy atom. The van der Waals surface area contributed by atoms with Crippen LogP contribution in [0.15, 0.2) is 0 Å². The van der Waals surface area contributed by atoms with E-state index in [0.717, 1.165) is 35.5 Å². The highest BCUT2D eigenvalue weighted by molar-refractivity contribution is 4.72. The van der Waals surface area contributed by atoms with Crippen molar-refractivity contribution in [3.63, 3.8) is 0 Å². The van der Waals surface area contributed by atoms with E-state index in [9.17, 15) is 0 Å². The molecular weight excluding hydrogens is 216 g/mol. The van der Waals surface area contributed by atoms with Crippen LogP contribution < -0.4 is 0 Å². The lowest BCUT2D eigenvalue weighted by Crippen LogP contribution is -2.20. The van der Waals surface area contributed by atoms with Gasteiger partial charge in [-0.3, -0.25) is 0 Å². The fraction of sp³-hybridized carbons (Fsp3) is 1.00. The maximum Gasteiger partial charge on any atom is -0.0365 e. The molecule has 110 valence electrons. The van der Waals surface area contributed by atoms with Crippen molar-refractivity contribution in [1.29, 1.82) is 0 Å². The molecule has 0 fully saturated rings. The molecule has 0 nitrogen and oxygen atoms in total. The Morgan fingerprint density at radius 3 is 1.61 bits per heavy atom. The van der Waals surface area contributed by atoms with Gasteiger partial charge in [0.05, 0.1) is 0 Å². The molecule has 0 aliphatic carbocycles. The molecule has 0 spiro atoms. The van der Waals surface area contributed by atoms with Gasteiger partial charge in [0, 0.05) is 0 Å². The fourth-order valence-corrected chi connectivity index (χ4v) is 3.29. The third kappa shape index (κ3) is 6.81. The lowest BCUT2D eigenvalue weighted by Gasteiger charge is -2.29. The Balaban J connectivity index is 4.18. The summed E-state index contributed by atoms with van der Waals surface area (Å²) in [6, 6.07) is 0. The van der Waals surface area contributed by atoms with Crippen LogP contribution in [-0.2, 0) is 0 Å². The van der Waals surface area contributed by atoms with Gasteiger partial charge in [0.2, 0.25) is 0 Å². The molecule has 0 aromatic carbocycles. The Hall–Kier alpha value is 0. The Bertz CT molecular complexity index is 192. The third-order valence-electron chi connectivity index (χ3n) is 5.00. The van der Waals surface area contributed by atoms with Crippen molar-refractivity contribution < 1.29 is 0 Å². The van der Waals surface area contributed by atoms with Crippen molar-refractivity contribution in [3.8, 4) is 0 Å². The van der Waals surface area contributed by atoms with Crippen LogP contribution in [0, 0.1) is 35.5 Å². The molecule has 0 rings (SSSR count). The Labute approximate surface area is 117 Å². The van der Waals surface area contributed by atoms with Gasteiger partial charge in [-0.25, -0.2) is 0 Å². The maximum atomic E-state index is 2.46. The average Bonchev–Trinajstić information content (AvgIpc) is 2.27. The molecule has 18 heavy (non-hydrogen) atoms. The maximum absolute atomic E-state index is 2.46. The van der Waals surface area contributed by atoms with Crippen molar-refractivity contribution in [2.75, 3.05) is 0 Å². The van der Waals surface area contributed by atoms with Gasteiger partial charge in [0.15, 0.2) is 0 Å². The molecule has 0 aromatic rings. The highest BCUT2D eigenvalue weighted by Crippen LogP contribution is 2.32. The van der Waals surface area contributed by atoms with Gasteiger partial charge in [0.1, 0.15) is 0 Å². The largest absolute Gasteiger partial charge is 0.0651 e. The van der Waals surface area contributed by atoms with E-state index in [2.05, 4.69) is 55.4 Å². The zero-order valence-electron chi connectivity index (χ0n) is 14.3. The molecular formula is C18H38. The van der Waals surface area contributed by atoms with Crippen LogP contribution in [0.1, 0.15) is 81.1 Å². The summed E-state index contributed by atoms with van der Waals surface area (Å²) in [4.78, 5) is 0. The zero-order chi connectivity index (χ0) is 14.3. The van der Waals surface area contributed by atoms with Gasteiger partial charge in [-0.05, 0) is 48.3 Å². The normalized spacial score (nSPS) is 19.0. The van der Waals surface area contributed by atoms with E-state index in [4.69, 9.17) is 0 Å². The summed E-state index contributed by atoms with van der Waals surface area (Å²) in [5.41, 5.74) is 0. The number of rotatable bonds is 9. The summed E-state index contributed by atoms with van der Waals surface area (Å²) in [6.45, 7) is 19.2. The SMILES string of the molecule is CCC(C)C(CCC(C)C(C)CC(C)C)C(C)C. The topological polar surface area (TPSA) is 0 Å². The Kier molecular flexibility index (Phi) is 8.99. The lowest BCUT2D eigenvalue weighted by atomic mass is 9.76. The van der Waals surface area contributed by atoms with Crippen molar-refractivity contribution >= 4 is 0 Å². The van der Waals surface area contributed by atoms with Crippen LogP contribution >= 0.6 is 0 Å². The predicted molar refractivity (Wildman–Crippen MR) is 84.8 cm³/mol. The monoisotopic (exact) mass is 254 g/mol. The molecule has 0 aromatic heterocycles.